The lowest BCUT2D eigenvalue weighted by molar-refractivity contribution is -0.113. The number of nitriles is 1. The molecule has 0 unspecified atom stereocenters. The van der Waals surface area contributed by atoms with Crippen molar-refractivity contribution in [1.82, 2.24) is 24.8 Å². The van der Waals surface area contributed by atoms with Gasteiger partial charge in [0.2, 0.25) is 11.1 Å². The van der Waals surface area contributed by atoms with Crippen LogP contribution in [-0.2, 0) is 17.6 Å². The minimum Gasteiger partial charge on any atom is -0.310 e. The van der Waals surface area contributed by atoms with Crippen molar-refractivity contribution in [2.45, 2.75) is 37.8 Å². The first-order chi connectivity index (χ1) is 16.7. The number of fused-ring (bicyclic) bond motifs is 1. The van der Waals surface area contributed by atoms with Gasteiger partial charge in [0.25, 0.3) is 0 Å². The van der Waals surface area contributed by atoms with Crippen LogP contribution in [0.2, 0.25) is 0 Å². The number of thioether (sulfide) groups is 1. The van der Waals surface area contributed by atoms with Gasteiger partial charge in [-0.2, -0.15) is 9.94 Å². The van der Waals surface area contributed by atoms with E-state index in [0.29, 0.717) is 16.5 Å². The largest absolute Gasteiger partial charge is 0.310 e. The van der Waals surface area contributed by atoms with Crippen LogP contribution in [0.1, 0.15) is 35.2 Å². The molecule has 8 nitrogen and oxygen atoms in total. The molecule has 2 aromatic carbocycles. The SMILES string of the molecule is Cc1ccccc1-n1nnnc1SCC(=O)Nc1c(C#N)c2c(n1-c1ccccc1)CCCC2. The van der Waals surface area contributed by atoms with Crippen molar-refractivity contribution in [3.63, 3.8) is 0 Å². The number of carbonyl (C=O) groups is 1. The maximum atomic E-state index is 13.1. The second-order valence-corrected chi connectivity index (χ2v) is 9.08. The van der Waals surface area contributed by atoms with Crippen LogP contribution < -0.4 is 5.32 Å². The minimum atomic E-state index is -0.215. The summed E-state index contributed by atoms with van der Waals surface area (Å²) in [7, 11) is 0. The molecule has 1 N–H and O–H groups in total. The molecule has 0 spiro atoms. The average Bonchev–Trinajstić information content (AvgIpc) is 3.45. The summed E-state index contributed by atoms with van der Waals surface area (Å²) in [5, 5.41) is 25.5. The lowest BCUT2D eigenvalue weighted by Gasteiger charge is -2.17. The molecule has 1 aliphatic carbocycles. The molecule has 34 heavy (non-hydrogen) atoms. The van der Waals surface area contributed by atoms with Crippen LogP contribution in [0.15, 0.2) is 59.8 Å². The fourth-order valence-electron chi connectivity index (χ4n) is 4.42. The summed E-state index contributed by atoms with van der Waals surface area (Å²) in [4.78, 5) is 13.1. The predicted molar refractivity (Wildman–Crippen MR) is 130 cm³/mol. The van der Waals surface area contributed by atoms with E-state index in [9.17, 15) is 10.1 Å². The molecule has 0 atom stereocenters. The van der Waals surface area contributed by atoms with E-state index in [-0.39, 0.29) is 11.7 Å². The van der Waals surface area contributed by atoms with Crippen LogP contribution in [-0.4, -0.2) is 36.4 Å². The molecule has 1 amide bonds. The first-order valence-corrected chi connectivity index (χ1v) is 12.1. The lowest BCUT2D eigenvalue weighted by Crippen LogP contribution is -2.18. The van der Waals surface area contributed by atoms with E-state index in [1.807, 2.05) is 66.1 Å². The third-order valence-corrected chi connectivity index (χ3v) is 6.89. The molecule has 0 radical (unpaired) electrons. The second kappa shape index (κ2) is 9.53. The van der Waals surface area contributed by atoms with Crippen molar-refractivity contribution in [1.29, 1.82) is 5.26 Å². The van der Waals surface area contributed by atoms with Crippen LogP contribution in [0.3, 0.4) is 0 Å². The summed E-state index contributed by atoms with van der Waals surface area (Å²) in [6.45, 7) is 1.99. The van der Waals surface area contributed by atoms with E-state index in [1.165, 1.54) is 11.8 Å². The highest BCUT2D eigenvalue weighted by molar-refractivity contribution is 7.99. The highest BCUT2D eigenvalue weighted by atomic mass is 32.2. The van der Waals surface area contributed by atoms with Crippen molar-refractivity contribution < 1.29 is 4.79 Å². The molecule has 5 rings (SSSR count). The van der Waals surface area contributed by atoms with Gasteiger partial charge < -0.3 is 5.32 Å². The minimum absolute atomic E-state index is 0.113. The van der Waals surface area contributed by atoms with Crippen molar-refractivity contribution in [3.05, 3.63) is 77.0 Å². The summed E-state index contributed by atoms with van der Waals surface area (Å²) in [6, 6.07) is 20.0. The number of rotatable bonds is 6. The van der Waals surface area contributed by atoms with Gasteiger partial charge in [0.1, 0.15) is 11.9 Å². The Hall–Kier alpha value is -3.90. The number of hydrogen-bond donors (Lipinski definition) is 1. The molecule has 0 saturated heterocycles. The highest BCUT2D eigenvalue weighted by Crippen LogP contribution is 2.35. The first kappa shape index (κ1) is 21.9. The molecule has 0 fully saturated rings. The summed E-state index contributed by atoms with van der Waals surface area (Å²) in [5.41, 5.74) is 5.55. The Morgan fingerprint density at radius 2 is 1.88 bits per heavy atom. The number of amides is 1. The van der Waals surface area contributed by atoms with Crippen molar-refractivity contribution in [3.8, 4) is 17.4 Å². The summed E-state index contributed by atoms with van der Waals surface area (Å²) in [5.74, 6) is 0.444. The Labute approximate surface area is 201 Å². The Balaban J connectivity index is 1.41. The van der Waals surface area contributed by atoms with Crippen LogP contribution >= 0.6 is 11.8 Å². The Morgan fingerprint density at radius 3 is 2.68 bits per heavy atom. The van der Waals surface area contributed by atoms with Crippen LogP contribution in [0.5, 0.6) is 0 Å². The number of nitrogens with zero attached hydrogens (tertiary/aromatic N) is 6. The van der Waals surface area contributed by atoms with Crippen LogP contribution in [0, 0.1) is 18.3 Å². The summed E-state index contributed by atoms with van der Waals surface area (Å²) < 4.78 is 3.67. The van der Waals surface area contributed by atoms with Gasteiger partial charge in [0.15, 0.2) is 0 Å². The summed E-state index contributed by atoms with van der Waals surface area (Å²) in [6.07, 6.45) is 3.85. The third kappa shape index (κ3) is 4.08. The van der Waals surface area contributed by atoms with Gasteiger partial charge in [0, 0.05) is 11.4 Å². The maximum Gasteiger partial charge on any atom is 0.236 e. The number of aromatic nitrogens is 5. The van der Waals surface area contributed by atoms with Crippen LogP contribution in [0.25, 0.3) is 11.4 Å². The number of carbonyl (C=O) groups excluding carboxylic acids is 1. The molecular formula is C25H23N7OS. The molecule has 4 aromatic rings. The zero-order valence-corrected chi connectivity index (χ0v) is 19.5. The molecule has 0 bridgehead atoms. The molecular weight excluding hydrogens is 446 g/mol. The summed E-state index contributed by atoms with van der Waals surface area (Å²) >= 11 is 1.26. The van der Waals surface area contributed by atoms with Crippen molar-refractivity contribution in [2.75, 3.05) is 11.1 Å². The smallest absolute Gasteiger partial charge is 0.236 e. The quantitative estimate of drug-likeness (QED) is 0.424. The average molecular weight is 470 g/mol. The van der Waals surface area contributed by atoms with Gasteiger partial charge in [-0.15, -0.1) is 5.10 Å². The van der Waals surface area contributed by atoms with E-state index in [2.05, 4.69) is 26.9 Å². The van der Waals surface area contributed by atoms with Gasteiger partial charge in [-0.05, 0) is 72.4 Å². The van der Waals surface area contributed by atoms with Crippen LogP contribution in [0.4, 0.5) is 5.82 Å². The normalized spacial score (nSPS) is 12.7. The standard InChI is InChI=1S/C25H23N7OS/c1-17-9-5-7-13-21(17)32-25(28-29-30-32)34-16-23(33)27-24-20(15-26)19-12-6-8-14-22(19)31(24)18-10-3-2-4-11-18/h2-5,7,9-11,13H,6,8,12,14,16H2,1H3,(H,27,33). The highest BCUT2D eigenvalue weighted by Gasteiger charge is 2.27. The Morgan fingerprint density at radius 1 is 1.12 bits per heavy atom. The zero-order chi connectivity index (χ0) is 23.5. The van der Waals surface area contributed by atoms with Crippen molar-refractivity contribution >= 4 is 23.5 Å². The molecule has 2 heterocycles. The topological polar surface area (TPSA) is 101 Å². The van der Waals surface area contributed by atoms with Gasteiger partial charge in [-0.3, -0.25) is 9.36 Å². The van der Waals surface area contributed by atoms with E-state index < -0.39 is 0 Å². The molecule has 0 saturated carbocycles. The number of para-hydroxylation sites is 2. The molecule has 2 aromatic heterocycles. The monoisotopic (exact) mass is 469 g/mol. The number of anilines is 1. The number of benzene rings is 2. The molecule has 1 aliphatic rings. The number of nitrogens with one attached hydrogen (secondary N) is 1. The second-order valence-electron chi connectivity index (χ2n) is 8.14. The fraction of sp³-hybridized carbons (Fsp3) is 0.240. The van der Waals surface area contributed by atoms with E-state index in [0.717, 1.165) is 53.9 Å². The van der Waals surface area contributed by atoms with Gasteiger partial charge in [-0.25, -0.2) is 0 Å². The van der Waals surface area contributed by atoms with Gasteiger partial charge in [0.05, 0.1) is 17.0 Å². The fourth-order valence-corrected chi connectivity index (χ4v) is 5.10. The first-order valence-electron chi connectivity index (χ1n) is 11.2. The number of hydrogen-bond acceptors (Lipinski definition) is 6. The molecule has 170 valence electrons. The van der Waals surface area contributed by atoms with E-state index in [4.69, 9.17) is 0 Å². The van der Waals surface area contributed by atoms with Gasteiger partial charge in [-0.1, -0.05) is 48.2 Å². The zero-order valence-electron chi connectivity index (χ0n) is 18.7. The number of tetrazole rings is 1. The van der Waals surface area contributed by atoms with Crippen molar-refractivity contribution in [2.24, 2.45) is 0 Å². The third-order valence-electron chi connectivity index (χ3n) is 5.97. The maximum absolute atomic E-state index is 13.1. The lowest BCUT2D eigenvalue weighted by atomic mass is 9.95. The number of aryl methyl sites for hydroxylation is 1. The molecule has 0 aliphatic heterocycles. The predicted octanol–water partition coefficient (Wildman–Crippen LogP) is 4.24. The van der Waals surface area contributed by atoms with E-state index >= 15 is 0 Å². The molecule has 9 heteroatoms. The van der Waals surface area contributed by atoms with Gasteiger partial charge >= 0.3 is 0 Å². The Bertz CT molecular complexity index is 1380. The Kier molecular flexibility index (Phi) is 6.14. The van der Waals surface area contributed by atoms with E-state index in [1.54, 1.807) is 4.68 Å².